The van der Waals surface area contributed by atoms with Gasteiger partial charge in [-0.05, 0) is 57.8 Å². The van der Waals surface area contributed by atoms with Crippen LogP contribution in [0, 0.1) is 13.8 Å². The van der Waals surface area contributed by atoms with Crippen molar-refractivity contribution in [2.45, 2.75) is 52.5 Å². The fourth-order valence-corrected chi connectivity index (χ4v) is 2.92. The Morgan fingerprint density at radius 2 is 2.14 bits per heavy atom. The predicted molar refractivity (Wildman–Crippen MR) is 91.3 cm³/mol. The van der Waals surface area contributed by atoms with E-state index in [4.69, 9.17) is 0 Å². The van der Waals surface area contributed by atoms with Crippen molar-refractivity contribution < 1.29 is 4.79 Å². The van der Waals surface area contributed by atoms with E-state index < -0.39 is 0 Å². The van der Waals surface area contributed by atoms with Crippen LogP contribution in [-0.2, 0) is 4.79 Å². The Bertz CT molecular complexity index is 476. The average Bonchev–Trinajstić information content (AvgIpc) is 2.88. The van der Waals surface area contributed by atoms with Gasteiger partial charge in [-0.15, -0.1) is 12.4 Å². The number of likely N-dealkylation sites (tertiary alicyclic amines) is 1. The minimum atomic E-state index is 0. The molecule has 0 saturated carbocycles. The Morgan fingerprint density at radius 1 is 1.38 bits per heavy atom. The Labute approximate surface area is 134 Å². The Kier molecular flexibility index (Phi) is 7.20. The quantitative estimate of drug-likeness (QED) is 0.893. The number of benzene rings is 1. The number of hydrogen-bond donors (Lipinski definition) is 1. The highest BCUT2D eigenvalue weighted by molar-refractivity contribution is 5.95. The molecule has 1 aromatic rings. The summed E-state index contributed by atoms with van der Waals surface area (Å²) in [6.07, 6.45) is 4.48. The molecule has 4 heteroatoms. The molecular formula is C17H27ClN2O. The van der Waals surface area contributed by atoms with E-state index in [0.29, 0.717) is 0 Å². The van der Waals surface area contributed by atoms with Gasteiger partial charge in [-0.3, -0.25) is 9.69 Å². The van der Waals surface area contributed by atoms with Gasteiger partial charge in [0.1, 0.15) is 0 Å². The molecule has 1 aliphatic rings. The van der Waals surface area contributed by atoms with Crippen molar-refractivity contribution in [2.75, 3.05) is 18.4 Å². The second-order valence-electron chi connectivity index (χ2n) is 5.86. The highest BCUT2D eigenvalue weighted by Crippen LogP contribution is 2.21. The van der Waals surface area contributed by atoms with Gasteiger partial charge in [-0.2, -0.15) is 0 Å². The third-order valence-electron chi connectivity index (χ3n) is 4.10. The smallest absolute Gasteiger partial charge is 0.241 e. The standard InChI is InChI=1S/C17H26N2O.ClH/c1-4-5-10-19-11-6-7-16(19)17(20)18-15-9-8-13(2)12-14(15)3;/h8-9,12,16H,4-7,10-11H2,1-3H3,(H,18,20);1H. The summed E-state index contributed by atoms with van der Waals surface area (Å²) in [5.41, 5.74) is 3.31. The first-order valence-electron chi connectivity index (χ1n) is 7.74. The summed E-state index contributed by atoms with van der Waals surface area (Å²) in [6, 6.07) is 6.22. The lowest BCUT2D eigenvalue weighted by Gasteiger charge is -2.23. The number of halogens is 1. The van der Waals surface area contributed by atoms with E-state index in [2.05, 4.69) is 30.1 Å². The van der Waals surface area contributed by atoms with Gasteiger partial charge >= 0.3 is 0 Å². The molecule has 1 unspecified atom stereocenters. The molecule has 1 fully saturated rings. The van der Waals surface area contributed by atoms with Crippen molar-refractivity contribution in [1.82, 2.24) is 4.90 Å². The molecule has 0 radical (unpaired) electrons. The third-order valence-corrected chi connectivity index (χ3v) is 4.10. The number of hydrogen-bond acceptors (Lipinski definition) is 2. The first kappa shape index (κ1) is 18.0. The molecular weight excluding hydrogens is 284 g/mol. The van der Waals surface area contributed by atoms with Crippen molar-refractivity contribution in [2.24, 2.45) is 0 Å². The summed E-state index contributed by atoms with van der Waals surface area (Å²) in [6.45, 7) is 8.42. The van der Waals surface area contributed by atoms with Crippen LogP contribution in [-0.4, -0.2) is 29.9 Å². The maximum atomic E-state index is 12.5. The molecule has 1 saturated heterocycles. The maximum Gasteiger partial charge on any atom is 0.241 e. The second-order valence-corrected chi connectivity index (χ2v) is 5.86. The predicted octanol–water partition coefficient (Wildman–Crippen LogP) is 3.93. The summed E-state index contributed by atoms with van der Waals surface area (Å²) < 4.78 is 0. The maximum absolute atomic E-state index is 12.5. The number of carbonyl (C=O) groups is 1. The van der Waals surface area contributed by atoms with Crippen molar-refractivity contribution in [3.63, 3.8) is 0 Å². The van der Waals surface area contributed by atoms with Crippen LogP contribution in [0.1, 0.15) is 43.7 Å². The first-order chi connectivity index (χ1) is 9.61. The van der Waals surface area contributed by atoms with E-state index in [0.717, 1.165) is 37.2 Å². The van der Waals surface area contributed by atoms with Gasteiger partial charge in [0, 0.05) is 5.69 Å². The lowest BCUT2D eigenvalue weighted by atomic mass is 10.1. The first-order valence-corrected chi connectivity index (χ1v) is 7.74. The van der Waals surface area contributed by atoms with Crippen LogP contribution in [0.2, 0.25) is 0 Å². The van der Waals surface area contributed by atoms with E-state index in [1.165, 1.54) is 18.4 Å². The number of anilines is 1. The van der Waals surface area contributed by atoms with Crippen molar-refractivity contribution in [1.29, 1.82) is 0 Å². The van der Waals surface area contributed by atoms with Crippen LogP contribution in [0.3, 0.4) is 0 Å². The van der Waals surface area contributed by atoms with Crippen LogP contribution in [0.4, 0.5) is 5.69 Å². The Morgan fingerprint density at radius 3 is 2.81 bits per heavy atom. The number of nitrogens with one attached hydrogen (secondary N) is 1. The molecule has 1 atom stereocenters. The molecule has 118 valence electrons. The fourth-order valence-electron chi connectivity index (χ4n) is 2.92. The van der Waals surface area contributed by atoms with Crippen LogP contribution in [0.5, 0.6) is 0 Å². The summed E-state index contributed by atoms with van der Waals surface area (Å²) in [4.78, 5) is 14.8. The zero-order valence-corrected chi connectivity index (χ0v) is 14.1. The minimum absolute atomic E-state index is 0. The molecule has 1 aliphatic heterocycles. The molecule has 0 spiro atoms. The summed E-state index contributed by atoms with van der Waals surface area (Å²) in [5, 5.41) is 3.11. The molecule has 0 aromatic heterocycles. The summed E-state index contributed by atoms with van der Waals surface area (Å²) in [5.74, 6) is 0.158. The van der Waals surface area contributed by atoms with Gasteiger partial charge in [-0.25, -0.2) is 0 Å². The van der Waals surface area contributed by atoms with E-state index in [1.807, 2.05) is 19.1 Å². The van der Waals surface area contributed by atoms with Crippen LogP contribution in [0.15, 0.2) is 18.2 Å². The molecule has 1 aromatic carbocycles. The van der Waals surface area contributed by atoms with E-state index in [9.17, 15) is 4.79 Å². The zero-order valence-electron chi connectivity index (χ0n) is 13.3. The lowest BCUT2D eigenvalue weighted by Crippen LogP contribution is -2.40. The number of carbonyl (C=O) groups excluding carboxylic acids is 1. The second kappa shape index (κ2) is 8.40. The Balaban J connectivity index is 0.00000220. The van der Waals surface area contributed by atoms with Gasteiger partial charge in [0.25, 0.3) is 0 Å². The van der Waals surface area contributed by atoms with Crippen molar-refractivity contribution >= 4 is 24.0 Å². The Hall–Kier alpha value is -1.06. The topological polar surface area (TPSA) is 32.3 Å². The molecule has 1 heterocycles. The van der Waals surface area contributed by atoms with E-state index >= 15 is 0 Å². The van der Waals surface area contributed by atoms with Crippen molar-refractivity contribution in [3.05, 3.63) is 29.3 Å². The third kappa shape index (κ3) is 4.72. The molecule has 1 N–H and O–H groups in total. The zero-order chi connectivity index (χ0) is 14.5. The molecule has 3 nitrogen and oxygen atoms in total. The molecule has 2 rings (SSSR count). The van der Waals surface area contributed by atoms with Crippen LogP contribution >= 0.6 is 12.4 Å². The normalized spacial score (nSPS) is 18.3. The lowest BCUT2D eigenvalue weighted by molar-refractivity contribution is -0.120. The van der Waals surface area contributed by atoms with Crippen LogP contribution < -0.4 is 5.32 Å². The van der Waals surface area contributed by atoms with Crippen molar-refractivity contribution in [3.8, 4) is 0 Å². The van der Waals surface area contributed by atoms with Gasteiger partial charge < -0.3 is 5.32 Å². The molecule has 0 aliphatic carbocycles. The number of amides is 1. The fraction of sp³-hybridized carbons (Fsp3) is 0.588. The highest BCUT2D eigenvalue weighted by Gasteiger charge is 2.30. The van der Waals surface area contributed by atoms with E-state index in [-0.39, 0.29) is 24.4 Å². The van der Waals surface area contributed by atoms with Gasteiger partial charge in [0.05, 0.1) is 6.04 Å². The molecule has 1 amide bonds. The largest absolute Gasteiger partial charge is 0.324 e. The van der Waals surface area contributed by atoms with E-state index in [1.54, 1.807) is 0 Å². The highest BCUT2D eigenvalue weighted by atomic mass is 35.5. The number of aryl methyl sites for hydroxylation is 2. The van der Waals surface area contributed by atoms with Gasteiger partial charge in [-0.1, -0.05) is 31.0 Å². The minimum Gasteiger partial charge on any atom is -0.324 e. The van der Waals surface area contributed by atoms with Crippen LogP contribution in [0.25, 0.3) is 0 Å². The molecule has 0 bridgehead atoms. The number of rotatable bonds is 5. The number of unbranched alkanes of at least 4 members (excludes halogenated alkanes) is 1. The summed E-state index contributed by atoms with van der Waals surface area (Å²) in [7, 11) is 0. The monoisotopic (exact) mass is 310 g/mol. The average molecular weight is 311 g/mol. The summed E-state index contributed by atoms with van der Waals surface area (Å²) >= 11 is 0. The number of nitrogens with zero attached hydrogens (tertiary/aromatic N) is 1. The van der Waals surface area contributed by atoms with Gasteiger partial charge in [0.15, 0.2) is 0 Å². The SMILES string of the molecule is CCCCN1CCCC1C(=O)Nc1ccc(C)cc1C.Cl. The molecule has 21 heavy (non-hydrogen) atoms. The van der Waals surface area contributed by atoms with Gasteiger partial charge in [0.2, 0.25) is 5.91 Å².